The molecule has 0 saturated carbocycles. The molecule has 0 radical (unpaired) electrons. The van der Waals surface area contributed by atoms with Crippen LogP contribution in [0.15, 0.2) is 40.8 Å². The van der Waals surface area contributed by atoms with Gasteiger partial charge in [-0.3, -0.25) is 4.90 Å². The summed E-state index contributed by atoms with van der Waals surface area (Å²) in [5, 5.41) is 3.39. The topological polar surface area (TPSA) is 28.4 Å². The molecule has 3 heteroatoms. The fourth-order valence-corrected chi connectivity index (χ4v) is 2.44. The highest BCUT2D eigenvalue weighted by Crippen LogP contribution is 2.16. The fraction of sp³-hybridized carbons (Fsp3) is 0.444. The van der Waals surface area contributed by atoms with Gasteiger partial charge >= 0.3 is 0 Å². The van der Waals surface area contributed by atoms with E-state index in [9.17, 15) is 0 Å². The van der Waals surface area contributed by atoms with Gasteiger partial charge in [0, 0.05) is 6.54 Å². The molecular formula is C18H26N2O. The van der Waals surface area contributed by atoms with Crippen molar-refractivity contribution in [2.45, 2.75) is 39.9 Å². The Kier molecular flexibility index (Phi) is 6.03. The summed E-state index contributed by atoms with van der Waals surface area (Å²) in [6, 6.07) is 12.7. The number of nitrogens with zero attached hydrogens (tertiary/aromatic N) is 1. The van der Waals surface area contributed by atoms with Crippen LogP contribution >= 0.6 is 0 Å². The van der Waals surface area contributed by atoms with Crippen molar-refractivity contribution in [3.63, 3.8) is 0 Å². The summed E-state index contributed by atoms with van der Waals surface area (Å²) in [6.45, 7) is 7.91. The predicted molar refractivity (Wildman–Crippen MR) is 87.1 cm³/mol. The normalized spacial score (nSPS) is 11.2. The molecule has 0 fully saturated rings. The van der Waals surface area contributed by atoms with Gasteiger partial charge in [0.2, 0.25) is 0 Å². The summed E-state index contributed by atoms with van der Waals surface area (Å²) < 4.78 is 5.97. The first kappa shape index (κ1) is 15.8. The maximum atomic E-state index is 5.97. The number of benzene rings is 1. The van der Waals surface area contributed by atoms with Crippen LogP contribution < -0.4 is 5.32 Å². The third-order valence-corrected chi connectivity index (χ3v) is 3.51. The molecule has 114 valence electrons. The molecule has 0 aliphatic heterocycles. The zero-order chi connectivity index (χ0) is 15.1. The first-order valence-electron chi connectivity index (χ1n) is 7.70. The highest BCUT2D eigenvalue weighted by Gasteiger charge is 2.09. The number of hydrogen-bond donors (Lipinski definition) is 1. The second-order valence-electron chi connectivity index (χ2n) is 5.65. The second-order valence-corrected chi connectivity index (χ2v) is 5.65. The van der Waals surface area contributed by atoms with Crippen LogP contribution in [0.4, 0.5) is 0 Å². The zero-order valence-electron chi connectivity index (χ0n) is 13.4. The third kappa shape index (κ3) is 5.03. The van der Waals surface area contributed by atoms with Crippen molar-refractivity contribution in [1.29, 1.82) is 0 Å². The smallest absolute Gasteiger partial charge is 0.120 e. The molecule has 0 unspecified atom stereocenters. The Hall–Kier alpha value is -1.58. The van der Waals surface area contributed by atoms with Crippen molar-refractivity contribution in [2.24, 2.45) is 0 Å². The van der Waals surface area contributed by atoms with E-state index in [1.807, 2.05) is 0 Å². The van der Waals surface area contributed by atoms with Crippen molar-refractivity contribution in [3.8, 4) is 0 Å². The SMILES string of the molecule is CCCNCc1oc(CN(C)Cc2ccccc2)cc1C. The first-order chi connectivity index (χ1) is 10.2. The zero-order valence-corrected chi connectivity index (χ0v) is 13.4. The van der Waals surface area contributed by atoms with Gasteiger partial charge < -0.3 is 9.73 Å². The molecule has 0 atom stereocenters. The Balaban J connectivity index is 1.89. The molecule has 1 heterocycles. The van der Waals surface area contributed by atoms with Crippen LogP contribution in [-0.4, -0.2) is 18.5 Å². The maximum absolute atomic E-state index is 5.97. The summed E-state index contributed by atoms with van der Waals surface area (Å²) in [6.07, 6.45) is 1.15. The molecule has 1 aromatic carbocycles. The molecule has 3 nitrogen and oxygen atoms in total. The van der Waals surface area contributed by atoms with Gasteiger partial charge in [0.05, 0.1) is 13.1 Å². The van der Waals surface area contributed by atoms with E-state index >= 15 is 0 Å². The van der Waals surface area contributed by atoms with Gasteiger partial charge in [0.15, 0.2) is 0 Å². The number of hydrogen-bond acceptors (Lipinski definition) is 3. The molecule has 1 N–H and O–H groups in total. The van der Waals surface area contributed by atoms with Gasteiger partial charge in [-0.15, -0.1) is 0 Å². The van der Waals surface area contributed by atoms with E-state index in [-0.39, 0.29) is 0 Å². The number of furan rings is 1. The van der Waals surface area contributed by atoms with Crippen LogP contribution in [0.2, 0.25) is 0 Å². The van der Waals surface area contributed by atoms with Crippen LogP contribution in [0.1, 0.15) is 36.0 Å². The molecule has 0 aliphatic carbocycles. The summed E-state index contributed by atoms with van der Waals surface area (Å²) in [7, 11) is 2.12. The Morgan fingerprint density at radius 3 is 2.62 bits per heavy atom. The molecule has 0 bridgehead atoms. The lowest BCUT2D eigenvalue weighted by Gasteiger charge is -2.15. The van der Waals surface area contributed by atoms with Crippen molar-refractivity contribution < 1.29 is 4.42 Å². The molecule has 2 aromatic rings. The largest absolute Gasteiger partial charge is 0.463 e. The van der Waals surface area contributed by atoms with Crippen molar-refractivity contribution in [1.82, 2.24) is 10.2 Å². The number of rotatable bonds is 8. The first-order valence-corrected chi connectivity index (χ1v) is 7.70. The van der Waals surface area contributed by atoms with Crippen LogP contribution in [-0.2, 0) is 19.6 Å². The van der Waals surface area contributed by atoms with Crippen LogP contribution in [0.25, 0.3) is 0 Å². The molecule has 21 heavy (non-hydrogen) atoms. The lowest BCUT2D eigenvalue weighted by atomic mass is 10.2. The molecule has 1 aromatic heterocycles. The van der Waals surface area contributed by atoms with E-state index in [1.165, 1.54) is 11.1 Å². The third-order valence-electron chi connectivity index (χ3n) is 3.51. The van der Waals surface area contributed by atoms with Crippen LogP contribution in [0, 0.1) is 6.92 Å². The summed E-state index contributed by atoms with van der Waals surface area (Å²) in [5.74, 6) is 2.10. The van der Waals surface area contributed by atoms with E-state index in [2.05, 4.69) is 67.5 Å². The van der Waals surface area contributed by atoms with Gasteiger partial charge in [-0.1, -0.05) is 37.3 Å². The van der Waals surface area contributed by atoms with Gasteiger partial charge in [0.1, 0.15) is 11.5 Å². The number of nitrogens with one attached hydrogen (secondary N) is 1. The van der Waals surface area contributed by atoms with Crippen molar-refractivity contribution >= 4 is 0 Å². The predicted octanol–water partition coefficient (Wildman–Crippen LogP) is 3.72. The molecule has 0 amide bonds. The van der Waals surface area contributed by atoms with E-state index in [0.29, 0.717) is 0 Å². The highest BCUT2D eigenvalue weighted by atomic mass is 16.3. The Morgan fingerprint density at radius 1 is 1.14 bits per heavy atom. The minimum Gasteiger partial charge on any atom is -0.463 e. The molecular weight excluding hydrogens is 260 g/mol. The van der Waals surface area contributed by atoms with Crippen LogP contribution in [0.3, 0.4) is 0 Å². The average Bonchev–Trinajstić information content (AvgIpc) is 2.80. The molecule has 0 spiro atoms. The fourth-order valence-electron chi connectivity index (χ4n) is 2.44. The lowest BCUT2D eigenvalue weighted by Crippen LogP contribution is -2.16. The molecule has 2 rings (SSSR count). The second kappa shape index (κ2) is 8.01. The van der Waals surface area contributed by atoms with E-state index < -0.39 is 0 Å². The summed E-state index contributed by atoms with van der Waals surface area (Å²) in [4.78, 5) is 2.27. The Morgan fingerprint density at radius 2 is 1.90 bits per heavy atom. The monoisotopic (exact) mass is 286 g/mol. The van der Waals surface area contributed by atoms with Gasteiger partial charge in [-0.05, 0) is 44.1 Å². The van der Waals surface area contributed by atoms with Gasteiger partial charge in [0.25, 0.3) is 0 Å². The van der Waals surface area contributed by atoms with Crippen molar-refractivity contribution in [3.05, 3.63) is 59.0 Å². The highest BCUT2D eigenvalue weighted by molar-refractivity contribution is 5.20. The minimum atomic E-state index is 0.822. The van der Waals surface area contributed by atoms with Gasteiger partial charge in [-0.25, -0.2) is 0 Å². The Bertz CT molecular complexity index is 533. The summed E-state index contributed by atoms with van der Waals surface area (Å²) >= 11 is 0. The van der Waals surface area contributed by atoms with E-state index in [4.69, 9.17) is 4.42 Å². The van der Waals surface area contributed by atoms with Crippen LogP contribution in [0.5, 0.6) is 0 Å². The Labute approximate surface area is 128 Å². The standard InChI is InChI=1S/C18H26N2O/c1-4-10-19-12-18-15(2)11-17(21-18)14-20(3)13-16-8-6-5-7-9-16/h5-9,11,19H,4,10,12-14H2,1-3H3. The van der Waals surface area contributed by atoms with E-state index in [0.717, 1.165) is 44.1 Å². The molecule has 0 aliphatic rings. The average molecular weight is 286 g/mol. The lowest BCUT2D eigenvalue weighted by molar-refractivity contribution is 0.282. The van der Waals surface area contributed by atoms with Gasteiger partial charge in [-0.2, -0.15) is 0 Å². The van der Waals surface area contributed by atoms with E-state index in [1.54, 1.807) is 0 Å². The molecule has 0 saturated heterocycles. The minimum absolute atomic E-state index is 0.822. The summed E-state index contributed by atoms with van der Waals surface area (Å²) in [5.41, 5.74) is 2.56. The quantitative estimate of drug-likeness (QED) is 0.750. The van der Waals surface area contributed by atoms with Crippen molar-refractivity contribution in [2.75, 3.05) is 13.6 Å². The number of aryl methyl sites for hydroxylation is 1. The maximum Gasteiger partial charge on any atom is 0.120 e.